The second-order valence-electron chi connectivity index (χ2n) is 5.88. The van der Waals surface area contributed by atoms with Crippen LogP contribution in [0.2, 0.25) is 0 Å². The van der Waals surface area contributed by atoms with Gasteiger partial charge in [0.15, 0.2) is 0 Å². The molecule has 2 heterocycles. The van der Waals surface area contributed by atoms with Gasteiger partial charge in [0.25, 0.3) is 11.5 Å². The Labute approximate surface area is 137 Å². The zero-order valence-electron chi connectivity index (χ0n) is 13.0. The standard InChI is InChI=1S/C17H18FN3O3/c18-12-5-2-1-4-11(12)10-14-15(22)6-3-9-21(14)17(24)13-7-8-16(23)20-19-13/h1-2,4-5,7-8,14-15,22H,3,6,9-10H2,(H,20,23)/t14-,15-/m0/s1. The lowest BCUT2D eigenvalue weighted by atomic mass is 9.92. The molecule has 1 saturated heterocycles. The molecule has 24 heavy (non-hydrogen) atoms. The van der Waals surface area contributed by atoms with Gasteiger partial charge in [0.1, 0.15) is 11.5 Å². The van der Waals surface area contributed by atoms with Crippen LogP contribution in [-0.4, -0.2) is 44.8 Å². The predicted molar refractivity (Wildman–Crippen MR) is 85.0 cm³/mol. The summed E-state index contributed by atoms with van der Waals surface area (Å²) in [5, 5.41) is 16.3. The smallest absolute Gasteiger partial charge is 0.274 e. The number of aliphatic hydroxyl groups is 1. The molecule has 1 aliphatic rings. The van der Waals surface area contributed by atoms with Gasteiger partial charge >= 0.3 is 0 Å². The predicted octanol–water partition coefficient (Wildman–Crippen LogP) is 1.12. The monoisotopic (exact) mass is 331 g/mol. The molecule has 0 saturated carbocycles. The summed E-state index contributed by atoms with van der Waals surface area (Å²) in [6.45, 7) is 0.454. The molecule has 2 atom stereocenters. The normalized spacial score (nSPS) is 20.8. The molecule has 2 aromatic rings. The zero-order valence-corrected chi connectivity index (χ0v) is 13.0. The van der Waals surface area contributed by atoms with Gasteiger partial charge in [0, 0.05) is 12.6 Å². The maximum absolute atomic E-state index is 13.9. The SMILES string of the molecule is O=C(c1ccc(=O)[nH]n1)N1CCC[C@H](O)[C@@H]1Cc1ccccc1F. The van der Waals surface area contributed by atoms with Crippen molar-refractivity contribution in [3.63, 3.8) is 0 Å². The van der Waals surface area contributed by atoms with Gasteiger partial charge in [-0.05, 0) is 37.0 Å². The Morgan fingerprint density at radius 1 is 1.33 bits per heavy atom. The molecule has 1 aromatic carbocycles. The minimum atomic E-state index is -0.731. The lowest BCUT2D eigenvalue weighted by Crippen LogP contribution is -2.52. The number of rotatable bonds is 3. The van der Waals surface area contributed by atoms with Gasteiger partial charge < -0.3 is 10.0 Å². The van der Waals surface area contributed by atoms with Gasteiger partial charge in [0.05, 0.1) is 12.1 Å². The van der Waals surface area contributed by atoms with Crippen LogP contribution in [0.25, 0.3) is 0 Å². The summed E-state index contributed by atoms with van der Waals surface area (Å²) in [5.41, 5.74) is 0.158. The van der Waals surface area contributed by atoms with Crippen LogP contribution in [0.4, 0.5) is 4.39 Å². The van der Waals surface area contributed by atoms with E-state index in [0.717, 1.165) is 0 Å². The molecule has 0 unspecified atom stereocenters. The maximum atomic E-state index is 13.9. The third-order valence-corrected chi connectivity index (χ3v) is 4.29. The maximum Gasteiger partial charge on any atom is 0.274 e. The van der Waals surface area contributed by atoms with Gasteiger partial charge in [-0.25, -0.2) is 9.49 Å². The fraction of sp³-hybridized carbons (Fsp3) is 0.353. The van der Waals surface area contributed by atoms with Crippen molar-refractivity contribution in [3.05, 3.63) is 63.8 Å². The van der Waals surface area contributed by atoms with E-state index in [2.05, 4.69) is 10.2 Å². The molecule has 126 valence electrons. The quantitative estimate of drug-likeness (QED) is 0.882. The lowest BCUT2D eigenvalue weighted by molar-refractivity contribution is 0.0112. The number of amides is 1. The number of carbonyl (C=O) groups is 1. The largest absolute Gasteiger partial charge is 0.391 e. The molecule has 1 aliphatic heterocycles. The molecule has 0 aliphatic carbocycles. The fourth-order valence-electron chi connectivity index (χ4n) is 3.04. The molecule has 2 N–H and O–H groups in total. The van der Waals surface area contributed by atoms with Crippen molar-refractivity contribution in [2.24, 2.45) is 0 Å². The number of likely N-dealkylation sites (tertiary alicyclic amines) is 1. The van der Waals surface area contributed by atoms with Crippen LogP contribution in [0, 0.1) is 5.82 Å². The highest BCUT2D eigenvalue weighted by atomic mass is 19.1. The second-order valence-corrected chi connectivity index (χ2v) is 5.88. The van der Waals surface area contributed by atoms with Crippen molar-refractivity contribution in [2.45, 2.75) is 31.4 Å². The molecule has 7 heteroatoms. The Bertz CT molecular complexity index is 772. The van der Waals surface area contributed by atoms with Gasteiger partial charge in [-0.15, -0.1) is 0 Å². The number of benzene rings is 1. The zero-order chi connectivity index (χ0) is 17.1. The summed E-state index contributed by atoms with van der Waals surface area (Å²) >= 11 is 0. The Morgan fingerprint density at radius 2 is 2.12 bits per heavy atom. The van der Waals surface area contributed by atoms with Crippen molar-refractivity contribution >= 4 is 5.91 Å². The van der Waals surface area contributed by atoms with Crippen LogP contribution in [0.15, 0.2) is 41.2 Å². The number of aliphatic hydroxyl groups excluding tert-OH is 1. The topological polar surface area (TPSA) is 86.3 Å². The fourth-order valence-corrected chi connectivity index (χ4v) is 3.04. The van der Waals surface area contributed by atoms with Crippen molar-refractivity contribution in [1.82, 2.24) is 15.1 Å². The van der Waals surface area contributed by atoms with Crippen molar-refractivity contribution < 1.29 is 14.3 Å². The summed E-state index contributed by atoms with van der Waals surface area (Å²) in [7, 11) is 0. The molecular formula is C17H18FN3O3. The summed E-state index contributed by atoms with van der Waals surface area (Å²) in [6, 6.07) is 8.39. The van der Waals surface area contributed by atoms with Crippen LogP contribution in [-0.2, 0) is 6.42 Å². The number of aromatic nitrogens is 2. The first-order chi connectivity index (χ1) is 11.6. The number of halogens is 1. The molecule has 0 bridgehead atoms. The Kier molecular flexibility index (Phi) is 4.71. The number of carbonyl (C=O) groups excluding carboxylic acids is 1. The first-order valence-corrected chi connectivity index (χ1v) is 7.84. The third-order valence-electron chi connectivity index (χ3n) is 4.29. The Morgan fingerprint density at radius 3 is 2.83 bits per heavy atom. The van der Waals surface area contributed by atoms with Crippen LogP contribution in [0.3, 0.4) is 0 Å². The molecule has 0 spiro atoms. The van der Waals surface area contributed by atoms with E-state index >= 15 is 0 Å². The number of H-pyrrole nitrogens is 1. The molecule has 1 amide bonds. The highest BCUT2D eigenvalue weighted by molar-refractivity contribution is 5.92. The van der Waals surface area contributed by atoms with Gasteiger partial charge in [-0.2, -0.15) is 5.10 Å². The molecule has 0 radical (unpaired) electrons. The van der Waals surface area contributed by atoms with Crippen LogP contribution < -0.4 is 5.56 Å². The van der Waals surface area contributed by atoms with E-state index in [1.54, 1.807) is 18.2 Å². The third kappa shape index (κ3) is 3.35. The minimum Gasteiger partial charge on any atom is -0.391 e. The first-order valence-electron chi connectivity index (χ1n) is 7.84. The van der Waals surface area contributed by atoms with E-state index in [1.807, 2.05) is 0 Å². The number of nitrogens with zero attached hydrogens (tertiary/aromatic N) is 2. The molecule has 6 nitrogen and oxygen atoms in total. The number of hydrogen-bond donors (Lipinski definition) is 2. The summed E-state index contributed by atoms with van der Waals surface area (Å²) in [5.74, 6) is -0.740. The van der Waals surface area contributed by atoms with Gasteiger partial charge in [-0.3, -0.25) is 9.59 Å². The highest BCUT2D eigenvalue weighted by Gasteiger charge is 2.34. The number of hydrogen-bond acceptors (Lipinski definition) is 4. The first kappa shape index (κ1) is 16.3. The van der Waals surface area contributed by atoms with Crippen LogP contribution >= 0.6 is 0 Å². The molecule has 1 fully saturated rings. The van der Waals surface area contributed by atoms with Crippen LogP contribution in [0.5, 0.6) is 0 Å². The average molecular weight is 331 g/mol. The van der Waals surface area contributed by atoms with Gasteiger partial charge in [0.2, 0.25) is 0 Å². The van der Waals surface area contributed by atoms with E-state index in [0.29, 0.717) is 24.9 Å². The van der Waals surface area contributed by atoms with E-state index in [4.69, 9.17) is 0 Å². The lowest BCUT2D eigenvalue weighted by Gasteiger charge is -2.39. The Balaban J connectivity index is 1.86. The number of piperidine rings is 1. The molecular weight excluding hydrogens is 313 g/mol. The molecule has 3 rings (SSSR count). The summed E-state index contributed by atoms with van der Waals surface area (Å²) in [6.07, 6.45) is 0.708. The van der Waals surface area contributed by atoms with E-state index < -0.39 is 17.7 Å². The highest BCUT2D eigenvalue weighted by Crippen LogP contribution is 2.24. The van der Waals surface area contributed by atoms with Crippen molar-refractivity contribution in [2.75, 3.05) is 6.54 Å². The van der Waals surface area contributed by atoms with E-state index in [9.17, 15) is 19.1 Å². The Hall–Kier alpha value is -2.54. The number of nitrogens with one attached hydrogen (secondary N) is 1. The van der Waals surface area contributed by atoms with Crippen molar-refractivity contribution in [1.29, 1.82) is 0 Å². The summed E-state index contributed by atoms with van der Waals surface area (Å²) in [4.78, 5) is 25.3. The minimum absolute atomic E-state index is 0.0993. The number of aromatic amines is 1. The van der Waals surface area contributed by atoms with Crippen molar-refractivity contribution in [3.8, 4) is 0 Å². The van der Waals surface area contributed by atoms with Crippen LogP contribution in [0.1, 0.15) is 28.9 Å². The van der Waals surface area contributed by atoms with E-state index in [1.165, 1.54) is 23.1 Å². The molecule has 1 aromatic heterocycles. The summed E-state index contributed by atoms with van der Waals surface area (Å²) < 4.78 is 13.9. The van der Waals surface area contributed by atoms with Gasteiger partial charge in [-0.1, -0.05) is 18.2 Å². The van der Waals surface area contributed by atoms with E-state index in [-0.39, 0.29) is 23.8 Å². The second kappa shape index (κ2) is 6.92. The average Bonchev–Trinajstić information content (AvgIpc) is 2.58.